The summed E-state index contributed by atoms with van der Waals surface area (Å²) in [4.78, 5) is 26.9. The van der Waals surface area contributed by atoms with E-state index >= 15 is 0 Å². The van der Waals surface area contributed by atoms with Crippen LogP contribution in [0.5, 0.6) is 0 Å². The summed E-state index contributed by atoms with van der Waals surface area (Å²) in [6.07, 6.45) is 4.39. The van der Waals surface area contributed by atoms with Crippen LogP contribution in [0.2, 0.25) is 0 Å². The minimum Gasteiger partial charge on any atom is -0.325 e. The van der Waals surface area contributed by atoms with Gasteiger partial charge in [-0.3, -0.25) is 9.59 Å². The highest BCUT2D eigenvalue weighted by Gasteiger charge is 2.24. The standard InChI is InChI=1S/C22H25N3O2/c26-21(25-14-12-17-5-1-2-7-20(17)25)15-16-8-10-18(11-9-16)24-22(27)19-6-3-4-13-23-19/h1-2,5,7-11,19,23H,3-4,6,12-15H2,(H,24,27). The van der Waals surface area contributed by atoms with Crippen LogP contribution in [-0.4, -0.2) is 30.9 Å². The van der Waals surface area contributed by atoms with Crippen LogP contribution in [0.15, 0.2) is 48.5 Å². The Balaban J connectivity index is 1.35. The van der Waals surface area contributed by atoms with E-state index in [-0.39, 0.29) is 17.9 Å². The summed E-state index contributed by atoms with van der Waals surface area (Å²) in [5.74, 6) is 0.135. The number of fused-ring (bicyclic) bond motifs is 1. The van der Waals surface area contributed by atoms with Crippen molar-refractivity contribution in [2.75, 3.05) is 23.3 Å². The first-order valence-electron chi connectivity index (χ1n) is 9.72. The van der Waals surface area contributed by atoms with E-state index in [0.29, 0.717) is 6.42 Å². The highest BCUT2D eigenvalue weighted by molar-refractivity contribution is 5.97. The molecule has 0 saturated carbocycles. The highest BCUT2D eigenvalue weighted by Crippen LogP contribution is 2.28. The third-order valence-electron chi connectivity index (χ3n) is 5.39. The minimum absolute atomic E-state index is 0.0206. The van der Waals surface area contributed by atoms with Crippen LogP contribution in [0, 0.1) is 0 Å². The lowest BCUT2D eigenvalue weighted by atomic mass is 10.0. The van der Waals surface area contributed by atoms with Crippen molar-refractivity contribution in [1.82, 2.24) is 5.32 Å². The highest BCUT2D eigenvalue weighted by atomic mass is 16.2. The van der Waals surface area contributed by atoms with Crippen molar-refractivity contribution in [3.63, 3.8) is 0 Å². The molecule has 1 unspecified atom stereocenters. The molecule has 0 aromatic heterocycles. The fourth-order valence-electron chi connectivity index (χ4n) is 3.88. The third-order valence-corrected chi connectivity index (χ3v) is 5.39. The van der Waals surface area contributed by atoms with Gasteiger partial charge in [-0.25, -0.2) is 0 Å². The van der Waals surface area contributed by atoms with Gasteiger partial charge in [0.1, 0.15) is 0 Å². The van der Waals surface area contributed by atoms with E-state index in [2.05, 4.69) is 16.7 Å². The van der Waals surface area contributed by atoms with Gasteiger partial charge in [-0.15, -0.1) is 0 Å². The molecule has 5 nitrogen and oxygen atoms in total. The maximum Gasteiger partial charge on any atom is 0.241 e. The zero-order chi connectivity index (χ0) is 18.6. The molecule has 2 heterocycles. The number of piperidine rings is 1. The summed E-state index contributed by atoms with van der Waals surface area (Å²) < 4.78 is 0. The molecule has 0 spiro atoms. The Labute approximate surface area is 159 Å². The summed E-state index contributed by atoms with van der Waals surface area (Å²) in [6.45, 7) is 1.65. The van der Waals surface area contributed by atoms with Crippen LogP contribution in [0.25, 0.3) is 0 Å². The lowest BCUT2D eigenvalue weighted by Crippen LogP contribution is -2.43. The van der Waals surface area contributed by atoms with Gasteiger partial charge in [0.05, 0.1) is 12.5 Å². The number of nitrogens with one attached hydrogen (secondary N) is 2. The summed E-state index contributed by atoms with van der Waals surface area (Å²) in [5.41, 5.74) is 4.00. The maximum atomic E-state index is 12.7. The Morgan fingerprint density at radius 1 is 1.07 bits per heavy atom. The van der Waals surface area contributed by atoms with E-state index < -0.39 is 0 Å². The van der Waals surface area contributed by atoms with Gasteiger partial charge in [0.25, 0.3) is 0 Å². The number of amides is 2. The number of para-hydroxylation sites is 1. The Morgan fingerprint density at radius 2 is 1.89 bits per heavy atom. The molecule has 140 valence electrons. The first-order chi connectivity index (χ1) is 13.2. The van der Waals surface area contributed by atoms with Crippen LogP contribution in [-0.2, 0) is 22.4 Å². The summed E-state index contributed by atoms with van der Waals surface area (Å²) >= 11 is 0. The summed E-state index contributed by atoms with van der Waals surface area (Å²) in [5, 5.41) is 6.22. The fourth-order valence-corrected chi connectivity index (χ4v) is 3.88. The molecule has 2 aromatic rings. The molecule has 1 fully saturated rings. The van der Waals surface area contributed by atoms with E-state index in [9.17, 15) is 9.59 Å². The van der Waals surface area contributed by atoms with E-state index in [0.717, 1.165) is 55.7 Å². The molecule has 27 heavy (non-hydrogen) atoms. The minimum atomic E-state index is -0.102. The number of hydrogen-bond acceptors (Lipinski definition) is 3. The molecular formula is C22H25N3O2. The Kier molecular flexibility index (Phi) is 5.21. The molecule has 2 aliphatic heterocycles. The smallest absolute Gasteiger partial charge is 0.241 e. The number of hydrogen-bond donors (Lipinski definition) is 2. The second kappa shape index (κ2) is 7.92. The molecule has 4 rings (SSSR count). The van der Waals surface area contributed by atoms with Gasteiger partial charge in [-0.2, -0.15) is 0 Å². The van der Waals surface area contributed by atoms with Crippen molar-refractivity contribution >= 4 is 23.2 Å². The molecule has 0 radical (unpaired) electrons. The first-order valence-corrected chi connectivity index (χ1v) is 9.72. The van der Waals surface area contributed by atoms with Gasteiger partial charge >= 0.3 is 0 Å². The monoisotopic (exact) mass is 363 g/mol. The molecule has 0 bridgehead atoms. The fraction of sp³-hybridized carbons (Fsp3) is 0.364. The van der Waals surface area contributed by atoms with E-state index in [1.54, 1.807) is 0 Å². The van der Waals surface area contributed by atoms with Crippen molar-refractivity contribution < 1.29 is 9.59 Å². The van der Waals surface area contributed by atoms with Crippen LogP contribution in [0.3, 0.4) is 0 Å². The van der Waals surface area contributed by atoms with Gasteiger partial charge in [-0.05, 0) is 55.1 Å². The number of carbonyl (C=O) groups is 2. The van der Waals surface area contributed by atoms with Crippen molar-refractivity contribution in [2.45, 2.75) is 38.1 Å². The predicted octanol–water partition coefficient (Wildman–Crippen LogP) is 2.90. The maximum absolute atomic E-state index is 12.7. The van der Waals surface area contributed by atoms with Crippen LogP contribution >= 0.6 is 0 Å². The van der Waals surface area contributed by atoms with Gasteiger partial charge in [0.2, 0.25) is 11.8 Å². The van der Waals surface area contributed by atoms with E-state index in [1.807, 2.05) is 47.4 Å². The molecule has 5 heteroatoms. The van der Waals surface area contributed by atoms with Crippen molar-refractivity contribution in [2.24, 2.45) is 0 Å². The van der Waals surface area contributed by atoms with Gasteiger partial charge in [0.15, 0.2) is 0 Å². The average molecular weight is 363 g/mol. The Morgan fingerprint density at radius 3 is 2.67 bits per heavy atom. The van der Waals surface area contributed by atoms with Crippen molar-refractivity contribution in [3.8, 4) is 0 Å². The van der Waals surface area contributed by atoms with E-state index in [4.69, 9.17) is 0 Å². The Bertz CT molecular complexity index is 826. The second-order valence-corrected chi connectivity index (χ2v) is 7.29. The average Bonchev–Trinajstić information content (AvgIpc) is 3.14. The Hall–Kier alpha value is -2.66. The lowest BCUT2D eigenvalue weighted by Gasteiger charge is -2.22. The lowest BCUT2D eigenvalue weighted by molar-refractivity contribution is -0.119. The van der Waals surface area contributed by atoms with Crippen LogP contribution in [0.4, 0.5) is 11.4 Å². The van der Waals surface area contributed by atoms with E-state index in [1.165, 1.54) is 5.56 Å². The molecule has 2 N–H and O–H groups in total. The number of rotatable bonds is 4. The number of anilines is 2. The zero-order valence-corrected chi connectivity index (χ0v) is 15.4. The number of carbonyl (C=O) groups excluding carboxylic acids is 2. The first kappa shape index (κ1) is 17.7. The second-order valence-electron chi connectivity index (χ2n) is 7.29. The van der Waals surface area contributed by atoms with Crippen LogP contribution < -0.4 is 15.5 Å². The number of benzene rings is 2. The molecule has 2 aliphatic rings. The van der Waals surface area contributed by atoms with Crippen molar-refractivity contribution in [3.05, 3.63) is 59.7 Å². The summed E-state index contributed by atoms with van der Waals surface area (Å²) in [6, 6.07) is 15.6. The van der Waals surface area contributed by atoms with Crippen LogP contribution in [0.1, 0.15) is 30.4 Å². The molecule has 1 saturated heterocycles. The quantitative estimate of drug-likeness (QED) is 0.878. The summed E-state index contributed by atoms with van der Waals surface area (Å²) in [7, 11) is 0. The zero-order valence-electron chi connectivity index (χ0n) is 15.4. The third kappa shape index (κ3) is 4.03. The normalized spacial score (nSPS) is 18.8. The van der Waals surface area contributed by atoms with Gasteiger partial charge in [-0.1, -0.05) is 36.8 Å². The number of nitrogens with zero attached hydrogens (tertiary/aromatic N) is 1. The predicted molar refractivity (Wildman–Crippen MR) is 107 cm³/mol. The molecule has 2 aromatic carbocycles. The molecule has 0 aliphatic carbocycles. The topological polar surface area (TPSA) is 61.4 Å². The molecular weight excluding hydrogens is 338 g/mol. The SMILES string of the molecule is O=C(Nc1ccc(CC(=O)N2CCc3ccccc32)cc1)C1CCCCN1. The van der Waals surface area contributed by atoms with Gasteiger partial charge < -0.3 is 15.5 Å². The largest absolute Gasteiger partial charge is 0.325 e. The molecule has 1 atom stereocenters. The van der Waals surface area contributed by atoms with Crippen molar-refractivity contribution in [1.29, 1.82) is 0 Å². The molecule has 2 amide bonds. The van der Waals surface area contributed by atoms with Gasteiger partial charge in [0, 0.05) is 17.9 Å².